The zero-order valence-corrected chi connectivity index (χ0v) is 10.2. The molecule has 4 N–H and O–H groups in total. The van der Waals surface area contributed by atoms with Gasteiger partial charge in [0.25, 0.3) is 0 Å². The summed E-state index contributed by atoms with van der Waals surface area (Å²) in [6.45, 7) is 0. The molecular formula is C12H11N5O3. The van der Waals surface area contributed by atoms with E-state index in [4.69, 9.17) is 30.6 Å². The average molecular weight is 273 g/mol. The van der Waals surface area contributed by atoms with E-state index in [1.165, 1.54) is 0 Å². The summed E-state index contributed by atoms with van der Waals surface area (Å²) in [6.07, 6.45) is 5.82. The quantitative estimate of drug-likeness (QED) is 0.462. The third kappa shape index (κ3) is 11.1. The van der Waals surface area contributed by atoms with Gasteiger partial charge >= 0.3 is 0 Å². The number of nitrogens with zero attached hydrogens (tertiary/aromatic N) is 1. The molecule has 0 aliphatic heterocycles. The van der Waals surface area contributed by atoms with Crippen molar-refractivity contribution < 1.29 is 14.4 Å². The number of aromatic amines is 1. The number of hydrogen-bond acceptors (Lipinski definition) is 7. The molecule has 1 aromatic carbocycles. The Labute approximate surface area is 114 Å². The van der Waals surface area contributed by atoms with Gasteiger partial charge in [-0.2, -0.15) is 0 Å². The first-order valence-corrected chi connectivity index (χ1v) is 4.88. The van der Waals surface area contributed by atoms with E-state index in [1.54, 1.807) is 6.20 Å². The van der Waals surface area contributed by atoms with E-state index in [0.29, 0.717) is 0 Å². The van der Waals surface area contributed by atoms with E-state index >= 15 is 0 Å². The topological polar surface area (TPSA) is 151 Å². The van der Waals surface area contributed by atoms with E-state index < -0.39 is 0 Å². The van der Waals surface area contributed by atoms with Crippen LogP contribution in [0.1, 0.15) is 0 Å². The lowest BCUT2D eigenvalue weighted by molar-refractivity contribution is 0.562. The fourth-order valence-corrected chi connectivity index (χ4v) is 1.02. The minimum Gasteiger partial charge on any atom is -0.345 e. The summed E-state index contributed by atoms with van der Waals surface area (Å²) in [4.78, 5) is 32.2. The molecule has 0 fully saturated rings. The van der Waals surface area contributed by atoms with E-state index in [0.717, 1.165) is 29.6 Å². The van der Waals surface area contributed by atoms with Crippen molar-refractivity contribution in [2.24, 2.45) is 0 Å². The Bertz CT molecular complexity index is 520. The number of isocyanates is 3. The normalized spacial score (nSPS) is 6.60. The van der Waals surface area contributed by atoms with Gasteiger partial charge in [0.2, 0.25) is 18.2 Å². The first-order valence-electron chi connectivity index (χ1n) is 4.88. The van der Waals surface area contributed by atoms with Gasteiger partial charge in [0.05, 0.1) is 0 Å². The highest BCUT2D eigenvalue weighted by Gasteiger charge is 1.94. The number of imidazole rings is 1. The fourth-order valence-electron chi connectivity index (χ4n) is 1.02. The van der Waals surface area contributed by atoms with Gasteiger partial charge in [0, 0.05) is 18.0 Å². The number of aromatic nitrogens is 2. The summed E-state index contributed by atoms with van der Waals surface area (Å²) in [6, 6.07) is 10.0. The Kier molecular flexibility index (Phi) is 14.7. The molecule has 0 radical (unpaired) electrons. The van der Waals surface area contributed by atoms with Crippen molar-refractivity contribution in [1.82, 2.24) is 9.97 Å². The molecular weight excluding hydrogens is 262 g/mol. The lowest BCUT2D eigenvalue weighted by Gasteiger charge is -1.92. The summed E-state index contributed by atoms with van der Waals surface area (Å²) in [5, 5.41) is 16.2. The zero-order chi connectivity index (χ0) is 15.6. The molecule has 0 aliphatic carbocycles. The van der Waals surface area contributed by atoms with Gasteiger partial charge in [-0.3, -0.25) is 0 Å². The summed E-state index contributed by atoms with van der Waals surface area (Å²) >= 11 is 0. The van der Waals surface area contributed by atoms with Crippen LogP contribution in [0.4, 0.5) is 0 Å². The van der Waals surface area contributed by atoms with Gasteiger partial charge in [-0.25, -0.2) is 35.6 Å². The standard InChI is InChI=1S/C9H8N2.3CHNO/c1-2-4-8(5-3-1)9-10-6-7-11-9;3*2-1-3/h1-7H,(H,10,11);3*2H. The molecule has 0 saturated carbocycles. The smallest absolute Gasteiger partial charge is 0.231 e. The number of rotatable bonds is 1. The van der Waals surface area contributed by atoms with Crippen LogP contribution in [0, 0.1) is 16.2 Å². The Hall–Kier alpha value is -3.43. The fraction of sp³-hybridized carbons (Fsp3) is 0. The lowest BCUT2D eigenvalue weighted by atomic mass is 10.2. The molecule has 1 heterocycles. The van der Waals surface area contributed by atoms with Crippen LogP contribution < -0.4 is 0 Å². The van der Waals surface area contributed by atoms with Crippen molar-refractivity contribution in [2.75, 3.05) is 0 Å². The summed E-state index contributed by atoms with van der Waals surface area (Å²) < 4.78 is 0. The molecule has 20 heavy (non-hydrogen) atoms. The number of benzene rings is 1. The maximum atomic E-state index is 8.35. The van der Waals surface area contributed by atoms with Crippen LogP contribution >= 0.6 is 0 Å². The van der Waals surface area contributed by atoms with Crippen molar-refractivity contribution in [3.8, 4) is 11.4 Å². The van der Waals surface area contributed by atoms with Crippen molar-refractivity contribution in [3.63, 3.8) is 0 Å². The molecule has 0 aliphatic rings. The number of H-pyrrole nitrogens is 1. The van der Waals surface area contributed by atoms with E-state index in [2.05, 4.69) is 9.97 Å². The second-order valence-corrected chi connectivity index (χ2v) is 2.61. The van der Waals surface area contributed by atoms with Gasteiger partial charge in [-0.15, -0.1) is 0 Å². The molecule has 2 aromatic rings. The monoisotopic (exact) mass is 273 g/mol. The maximum Gasteiger partial charge on any atom is 0.231 e. The molecule has 8 nitrogen and oxygen atoms in total. The highest BCUT2D eigenvalue weighted by molar-refractivity contribution is 5.53. The van der Waals surface area contributed by atoms with E-state index in [1.807, 2.05) is 36.5 Å². The maximum absolute atomic E-state index is 8.35. The van der Waals surface area contributed by atoms with Gasteiger partial charge in [-0.1, -0.05) is 30.3 Å². The van der Waals surface area contributed by atoms with Crippen molar-refractivity contribution in [1.29, 1.82) is 16.2 Å². The molecule has 0 unspecified atom stereocenters. The third-order valence-electron chi connectivity index (χ3n) is 1.55. The number of nitrogens with one attached hydrogen (secondary N) is 4. The van der Waals surface area contributed by atoms with E-state index in [9.17, 15) is 0 Å². The van der Waals surface area contributed by atoms with Crippen molar-refractivity contribution >= 4 is 18.2 Å². The van der Waals surface area contributed by atoms with Gasteiger partial charge in [0.15, 0.2) is 0 Å². The van der Waals surface area contributed by atoms with Gasteiger partial charge in [0.1, 0.15) is 5.82 Å². The van der Waals surface area contributed by atoms with Gasteiger partial charge in [-0.05, 0) is 0 Å². The lowest BCUT2D eigenvalue weighted by Crippen LogP contribution is -1.77. The predicted molar refractivity (Wildman–Crippen MR) is 69.3 cm³/mol. The Morgan fingerprint density at radius 3 is 1.70 bits per heavy atom. The van der Waals surface area contributed by atoms with Crippen LogP contribution in [-0.4, -0.2) is 28.2 Å². The Balaban J connectivity index is 0. The highest BCUT2D eigenvalue weighted by atomic mass is 16.1. The first kappa shape index (κ1) is 18.9. The molecule has 1 aromatic heterocycles. The minimum absolute atomic E-state index is 0.750. The largest absolute Gasteiger partial charge is 0.345 e. The van der Waals surface area contributed by atoms with Crippen LogP contribution in [0.3, 0.4) is 0 Å². The van der Waals surface area contributed by atoms with Crippen molar-refractivity contribution in [3.05, 3.63) is 42.7 Å². The SMILES string of the molecule is N=C=O.N=C=O.N=C=O.c1ccc(-c2ncc[nH]2)cc1. The molecule has 2 rings (SSSR count). The minimum atomic E-state index is 0.750. The molecule has 8 heteroatoms. The van der Waals surface area contributed by atoms with Gasteiger partial charge < -0.3 is 4.98 Å². The van der Waals surface area contributed by atoms with Crippen LogP contribution in [0.5, 0.6) is 0 Å². The summed E-state index contributed by atoms with van der Waals surface area (Å²) in [5.74, 6) is 0.922. The highest BCUT2D eigenvalue weighted by Crippen LogP contribution is 2.11. The molecule has 0 amide bonds. The number of carbonyl (C=O) groups excluding carboxylic acids is 3. The van der Waals surface area contributed by atoms with Crippen LogP contribution in [0.2, 0.25) is 0 Å². The van der Waals surface area contributed by atoms with Crippen LogP contribution in [-0.2, 0) is 14.4 Å². The van der Waals surface area contributed by atoms with Crippen LogP contribution in [0.15, 0.2) is 42.7 Å². The number of hydrogen-bond donors (Lipinski definition) is 4. The molecule has 0 atom stereocenters. The Morgan fingerprint density at radius 1 is 0.900 bits per heavy atom. The second kappa shape index (κ2) is 15.6. The molecule has 0 bridgehead atoms. The predicted octanol–water partition coefficient (Wildman–Crippen LogP) is 1.78. The third-order valence-corrected chi connectivity index (χ3v) is 1.55. The molecule has 0 saturated heterocycles. The summed E-state index contributed by atoms with van der Waals surface area (Å²) in [7, 11) is 0. The van der Waals surface area contributed by atoms with Crippen LogP contribution in [0.25, 0.3) is 11.4 Å². The summed E-state index contributed by atoms with van der Waals surface area (Å²) in [5.41, 5.74) is 1.12. The molecule has 0 spiro atoms. The second-order valence-electron chi connectivity index (χ2n) is 2.61. The van der Waals surface area contributed by atoms with Crippen molar-refractivity contribution in [2.45, 2.75) is 0 Å². The average Bonchev–Trinajstić information content (AvgIpc) is 2.96. The zero-order valence-electron chi connectivity index (χ0n) is 10.2. The van der Waals surface area contributed by atoms with E-state index in [-0.39, 0.29) is 0 Å². The first-order chi connectivity index (χ1) is 9.71. The Morgan fingerprint density at radius 2 is 1.35 bits per heavy atom. The molecule has 102 valence electrons.